The molecular formula is C29H43NO5S. The van der Waals surface area contributed by atoms with Crippen molar-refractivity contribution in [1.29, 1.82) is 0 Å². The molecule has 7 heteroatoms. The zero-order valence-electron chi connectivity index (χ0n) is 22.0. The molecule has 0 fully saturated rings. The highest BCUT2D eigenvalue weighted by Crippen LogP contribution is 2.38. The lowest BCUT2D eigenvalue weighted by Crippen LogP contribution is -2.49. The molecule has 3 rings (SSSR count). The molecule has 2 aromatic carbocycles. The summed E-state index contributed by atoms with van der Waals surface area (Å²) in [5, 5.41) is 19.2. The Morgan fingerprint density at radius 2 is 1.47 bits per heavy atom. The predicted octanol–water partition coefficient (Wildman–Crippen LogP) is 5.90. The van der Waals surface area contributed by atoms with Crippen molar-refractivity contribution in [1.82, 2.24) is 0 Å². The van der Waals surface area contributed by atoms with Crippen molar-refractivity contribution in [3.8, 4) is 5.75 Å². The third-order valence-corrected chi connectivity index (χ3v) is 8.10. The van der Waals surface area contributed by atoms with Crippen LogP contribution >= 0.6 is 0 Å². The average Bonchev–Trinajstić information content (AvgIpc) is 2.86. The fourth-order valence-corrected chi connectivity index (χ4v) is 5.49. The molecule has 0 aromatic heterocycles. The van der Waals surface area contributed by atoms with Crippen LogP contribution in [-0.4, -0.2) is 47.3 Å². The first-order valence-corrected chi connectivity index (χ1v) is 14.6. The van der Waals surface area contributed by atoms with E-state index in [1.807, 2.05) is 0 Å². The predicted molar refractivity (Wildman–Crippen MR) is 145 cm³/mol. The monoisotopic (exact) mass is 517 g/mol. The lowest BCUT2D eigenvalue weighted by atomic mass is 9.94. The number of phenols is 1. The van der Waals surface area contributed by atoms with Gasteiger partial charge in [0.2, 0.25) is 0 Å². The Bertz CT molecular complexity index is 1050. The minimum Gasteiger partial charge on any atom is -0.745 e. The third-order valence-electron chi connectivity index (χ3n) is 6.88. The zero-order valence-corrected chi connectivity index (χ0v) is 22.8. The summed E-state index contributed by atoms with van der Waals surface area (Å²) in [5.41, 5.74) is 1.84. The number of hydrogen-bond donors (Lipinski definition) is 2. The average molecular weight is 518 g/mol. The summed E-state index contributed by atoms with van der Waals surface area (Å²) in [4.78, 5) is -2.49. The van der Waals surface area contributed by atoms with E-state index in [2.05, 4.69) is 51.1 Å². The first-order chi connectivity index (χ1) is 17.1. The molecule has 0 spiro atoms. The molecule has 200 valence electrons. The number of fused-ring (bicyclic) bond motifs is 1. The molecule has 0 amide bonds. The van der Waals surface area contributed by atoms with Crippen LogP contribution in [0.3, 0.4) is 0 Å². The maximum absolute atomic E-state index is 11.1. The first kappa shape index (κ1) is 30.0. The van der Waals surface area contributed by atoms with E-state index < -0.39 is 15.1 Å². The summed E-state index contributed by atoms with van der Waals surface area (Å²) in [6.45, 7) is 12.2. The lowest BCUT2D eigenvalue weighted by Gasteiger charge is -2.39. The van der Waals surface area contributed by atoms with Gasteiger partial charge >= 0.3 is 0 Å². The van der Waals surface area contributed by atoms with E-state index in [1.54, 1.807) is 6.08 Å². The van der Waals surface area contributed by atoms with Gasteiger partial charge in [0.15, 0.2) is 4.93 Å². The number of benzene rings is 2. The van der Waals surface area contributed by atoms with Gasteiger partial charge in [-0.3, -0.25) is 0 Å². The second kappa shape index (κ2) is 13.9. The third kappa shape index (κ3) is 8.17. The van der Waals surface area contributed by atoms with Crippen LogP contribution in [0.2, 0.25) is 0 Å². The van der Waals surface area contributed by atoms with E-state index in [0.717, 1.165) is 6.07 Å². The minimum atomic E-state index is -4.91. The largest absolute Gasteiger partial charge is 0.745 e. The molecule has 0 radical (unpaired) electrons. The fraction of sp³-hybridized carbons (Fsp3) is 0.517. The topological polar surface area (TPSA) is 97.7 Å². The summed E-state index contributed by atoms with van der Waals surface area (Å²) in [6.07, 6.45) is 10.7. The summed E-state index contributed by atoms with van der Waals surface area (Å²) in [7, 11) is -4.91. The molecular weight excluding hydrogens is 474 g/mol. The number of rotatable bonds is 12. The molecule has 0 aliphatic heterocycles. The maximum Gasteiger partial charge on any atom is 0.183 e. The summed E-state index contributed by atoms with van der Waals surface area (Å²) in [5.74, 6) is -0.198. The normalized spacial score (nSPS) is 17.2. The number of unbranched alkanes of at least 4 members (excludes halogenated alkanes) is 3. The van der Waals surface area contributed by atoms with Gasteiger partial charge in [-0.15, -0.1) is 0 Å². The van der Waals surface area contributed by atoms with Crippen molar-refractivity contribution in [2.45, 2.75) is 77.2 Å². The maximum atomic E-state index is 11.1. The minimum absolute atomic E-state index is 0.0787. The van der Waals surface area contributed by atoms with Crippen LogP contribution in [0.1, 0.15) is 82.4 Å². The number of hydrogen-bond acceptors (Lipinski definition) is 5. The molecule has 1 unspecified atom stereocenters. The highest BCUT2D eigenvalue weighted by Gasteiger charge is 2.39. The fourth-order valence-electron chi connectivity index (χ4n) is 4.74. The number of quaternary nitrogens is 1. The van der Waals surface area contributed by atoms with Gasteiger partial charge in [0.05, 0.1) is 19.6 Å². The zero-order chi connectivity index (χ0) is 26.7. The molecule has 2 aromatic rings. The molecule has 0 saturated carbocycles. The van der Waals surface area contributed by atoms with Crippen molar-refractivity contribution >= 4 is 16.2 Å². The Balaban J connectivity index is 0.000000259. The SMILES string of the molecule is CCCC[N+](CCCC)(CCCC)Cc1ccccc1.O=S(=O)([O-])C1(O)CC=Cc2ccc(O)cc21. The van der Waals surface area contributed by atoms with E-state index in [0.29, 0.717) is 5.56 Å². The van der Waals surface area contributed by atoms with Crippen LogP contribution in [0.15, 0.2) is 54.6 Å². The molecule has 2 N–H and O–H groups in total. The van der Waals surface area contributed by atoms with Gasteiger partial charge in [-0.25, -0.2) is 8.42 Å². The highest BCUT2D eigenvalue weighted by atomic mass is 32.2. The van der Waals surface area contributed by atoms with Gasteiger partial charge in [-0.2, -0.15) is 0 Å². The molecule has 1 aliphatic rings. The van der Waals surface area contributed by atoms with Crippen molar-refractivity contribution in [2.75, 3.05) is 19.6 Å². The van der Waals surface area contributed by atoms with Crippen molar-refractivity contribution < 1.29 is 27.7 Å². The van der Waals surface area contributed by atoms with Crippen LogP contribution in [0.25, 0.3) is 6.08 Å². The summed E-state index contributed by atoms with van der Waals surface area (Å²) in [6, 6.07) is 15.0. The van der Waals surface area contributed by atoms with Crippen LogP contribution in [0, 0.1) is 0 Å². The van der Waals surface area contributed by atoms with Gasteiger partial charge < -0.3 is 19.2 Å². The van der Waals surface area contributed by atoms with Crippen LogP contribution in [0.5, 0.6) is 5.75 Å². The summed E-state index contributed by atoms with van der Waals surface area (Å²) < 4.78 is 34.5. The van der Waals surface area contributed by atoms with E-state index in [-0.39, 0.29) is 17.7 Å². The molecule has 1 atom stereocenters. The van der Waals surface area contributed by atoms with E-state index in [4.69, 9.17) is 0 Å². The number of aromatic hydroxyl groups is 1. The van der Waals surface area contributed by atoms with E-state index >= 15 is 0 Å². The molecule has 6 nitrogen and oxygen atoms in total. The van der Waals surface area contributed by atoms with E-state index in [1.165, 1.54) is 93.0 Å². The van der Waals surface area contributed by atoms with Crippen molar-refractivity contribution in [3.63, 3.8) is 0 Å². The Morgan fingerprint density at radius 1 is 0.917 bits per heavy atom. The molecule has 0 heterocycles. The molecule has 1 aliphatic carbocycles. The molecule has 0 saturated heterocycles. The Morgan fingerprint density at radius 3 is 1.97 bits per heavy atom. The summed E-state index contributed by atoms with van der Waals surface area (Å²) >= 11 is 0. The van der Waals surface area contributed by atoms with Crippen molar-refractivity contribution in [2.24, 2.45) is 0 Å². The first-order valence-electron chi connectivity index (χ1n) is 13.2. The molecule has 0 bridgehead atoms. The second-order valence-electron chi connectivity index (χ2n) is 9.83. The Labute approximate surface area is 217 Å². The van der Waals surface area contributed by atoms with Crippen LogP contribution in [-0.2, 0) is 21.6 Å². The lowest BCUT2D eigenvalue weighted by molar-refractivity contribution is -0.941. The van der Waals surface area contributed by atoms with Crippen LogP contribution in [0.4, 0.5) is 0 Å². The van der Waals surface area contributed by atoms with Gasteiger partial charge in [-0.05, 0) is 37.0 Å². The number of aliphatic hydroxyl groups is 1. The standard InChI is InChI=1S/C19H34N.C10H10O5S/c1-4-7-15-20(16-8-5-2,17-9-6-3)18-19-13-11-10-12-14-19;11-8-4-3-7-2-1-5-10(12,9(7)6-8)16(13,14)15/h10-14H,4-9,15-18H2,1-3H3;1-4,6,11-12H,5H2,(H,13,14,15)/q+1;/p-1. The second-order valence-corrected chi connectivity index (χ2v) is 11.4. The highest BCUT2D eigenvalue weighted by molar-refractivity contribution is 7.86. The van der Waals surface area contributed by atoms with Crippen molar-refractivity contribution in [3.05, 3.63) is 71.3 Å². The molecule has 36 heavy (non-hydrogen) atoms. The Hall–Kier alpha value is -2.19. The van der Waals surface area contributed by atoms with Gasteiger partial charge in [-0.1, -0.05) is 88.6 Å². The Kier molecular flexibility index (Phi) is 11.6. The number of nitrogens with zero attached hydrogens (tertiary/aromatic N) is 1. The smallest absolute Gasteiger partial charge is 0.183 e. The quantitative estimate of drug-likeness (QED) is 0.270. The van der Waals surface area contributed by atoms with E-state index in [9.17, 15) is 23.2 Å². The van der Waals surface area contributed by atoms with Gasteiger partial charge in [0, 0.05) is 17.5 Å². The van der Waals surface area contributed by atoms with Gasteiger partial charge in [0.25, 0.3) is 0 Å². The van der Waals surface area contributed by atoms with Gasteiger partial charge in [0.1, 0.15) is 22.4 Å². The van der Waals surface area contributed by atoms with Crippen LogP contribution < -0.4 is 0 Å². The number of phenolic OH excluding ortho intramolecular Hbond substituents is 1.